The van der Waals surface area contributed by atoms with Gasteiger partial charge in [-0.2, -0.15) is 0 Å². The quantitative estimate of drug-likeness (QED) is 0.400. The molecule has 3 aliphatic rings. The molecule has 0 aromatic heterocycles. The summed E-state index contributed by atoms with van der Waals surface area (Å²) in [6, 6.07) is 16.6. The van der Waals surface area contributed by atoms with Gasteiger partial charge < -0.3 is 20.3 Å². The fourth-order valence-corrected chi connectivity index (χ4v) is 7.03. The molecule has 2 N–H and O–H groups in total. The van der Waals surface area contributed by atoms with Crippen LogP contribution in [0.3, 0.4) is 0 Å². The molecule has 2 aromatic carbocycles. The molecule has 5 rings (SSSR count). The molecule has 1 aliphatic carbocycles. The Balaban J connectivity index is 1.25. The molecule has 1 saturated carbocycles. The minimum atomic E-state index is -0.0614. The molecular weight excluding hydrogens is 524 g/mol. The van der Waals surface area contributed by atoms with Gasteiger partial charge in [-0.3, -0.25) is 14.5 Å². The number of ether oxygens (including phenoxy) is 1. The van der Waals surface area contributed by atoms with Crippen LogP contribution < -0.4 is 20.3 Å². The molecule has 7 nitrogen and oxygen atoms in total. The van der Waals surface area contributed by atoms with Gasteiger partial charge in [0.1, 0.15) is 5.75 Å². The highest BCUT2D eigenvalue weighted by atomic mass is 16.5. The summed E-state index contributed by atoms with van der Waals surface area (Å²) in [5, 5.41) is 6.77. The zero-order chi connectivity index (χ0) is 29.0. The molecule has 2 aliphatic heterocycles. The lowest BCUT2D eigenvalue weighted by Gasteiger charge is -2.40. The second-order valence-corrected chi connectivity index (χ2v) is 12.3. The van der Waals surface area contributed by atoms with Crippen molar-refractivity contribution in [2.24, 2.45) is 0 Å². The van der Waals surface area contributed by atoms with Gasteiger partial charge in [-0.25, -0.2) is 0 Å². The minimum absolute atomic E-state index is 0.0157. The third kappa shape index (κ3) is 8.57. The van der Waals surface area contributed by atoms with Gasteiger partial charge >= 0.3 is 0 Å². The van der Waals surface area contributed by atoms with Gasteiger partial charge in [0.25, 0.3) is 11.8 Å². The summed E-state index contributed by atoms with van der Waals surface area (Å²) in [5.41, 5.74) is 2.51. The van der Waals surface area contributed by atoms with E-state index in [1.165, 1.54) is 64.3 Å². The number of nitrogens with zero attached hydrogens (tertiary/aromatic N) is 2. The predicted octanol–water partition coefficient (Wildman–Crippen LogP) is 6.07. The Morgan fingerprint density at radius 3 is 2.48 bits per heavy atom. The van der Waals surface area contributed by atoms with Crippen molar-refractivity contribution in [3.63, 3.8) is 0 Å². The molecule has 0 radical (unpaired) electrons. The van der Waals surface area contributed by atoms with Crippen molar-refractivity contribution in [3.8, 4) is 5.75 Å². The topological polar surface area (TPSA) is 73.9 Å². The number of hydrogen-bond donors (Lipinski definition) is 2. The summed E-state index contributed by atoms with van der Waals surface area (Å²) >= 11 is 0. The molecule has 7 heteroatoms. The molecule has 0 spiro atoms. The van der Waals surface area contributed by atoms with Crippen molar-refractivity contribution in [2.75, 3.05) is 37.7 Å². The van der Waals surface area contributed by atoms with Gasteiger partial charge in [0.2, 0.25) is 0 Å². The van der Waals surface area contributed by atoms with Gasteiger partial charge in [0.15, 0.2) is 6.61 Å². The molecule has 0 bridgehead atoms. The maximum atomic E-state index is 13.5. The number of amides is 2. The smallest absolute Gasteiger partial charge is 0.264 e. The summed E-state index contributed by atoms with van der Waals surface area (Å²) in [6.45, 7) is 4.10. The standard InChI is InChI=1S/C35H50N4O3/c40-34(27-42-32-16-5-4-6-17-32)39-24-11-3-1-2-10-21-36-26-29-25-28(18-19-33(29)39)35(41)37-22-20-31-15-9-12-23-38(31)30-13-7-8-14-30/h4-6,16-19,25,30-31,36H,1-3,7-15,20-24,26-27H2,(H,37,41). The van der Waals surface area contributed by atoms with Crippen molar-refractivity contribution in [1.29, 1.82) is 0 Å². The summed E-state index contributed by atoms with van der Waals surface area (Å²) in [5.74, 6) is 0.597. The largest absolute Gasteiger partial charge is 0.484 e. The normalized spacial score (nSPS) is 21.1. The Bertz CT molecular complexity index is 1130. The highest BCUT2D eigenvalue weighted by molar-refractivity contribution is 5.98. The first-order valence-electron chi connectivity index (χ1n) is 16.5. The molecule has 1 atom stereocenters. The summed E-state index contributed by atoms with van der Waals surface area (Å²) in [4.78, 5) is 31.4. The molecule has 1 unspecified atom stereocenters. The number of hydrogen-bond acceptors (Lipinski definition) is 5. The van der Waals surface area contributed by atoms with Crippen LogP contribution in [0.25, 0.3) is 0 Å². The second-order valence-electron chi connectivity index (χ2n) is 12.3. The van der Waals surface area contributed by atoms with E-state index in [4.69, 9.17) is 4.74 Å². The lowest BCUT2D eigenvalue weighted by atomic mass is 9.96. The van der Waals surface area contributed by atoms with E-state index >= 15 is 0 Å². The van der Waals surface area contributed by atoms with Crippen molar-refractivity contribution in [2.45, 2.75) is 102 Å². The van der Waals surface area contributed by atoms with Crippen LogP contribution in [0.1, 0.15) is 99.4 Å². The van der Waals surface area contributed by atoms with Crippen LogP contribution in [-0.4, -0.2) is 61.6 Å². The van der Waals surface area contributed by atoms with Crippen LogP contribution in [0.2, 0.25) is 0 Å². The van der Waals surface area contributed by atoms with Crippen LogP contribution in [0.4, 0.5) is 5.69 Å². The maximum absolute atomic E-state index is 13.5. The Morgan fingerprint density at radius 2 is 1.62 bits per heavy atom. The average Bonchev–Trinajstić information content (AvgIpc) is 3.56. The Labute approximate surface area is 252 Å². The van der Waals surface area contributed by atoms with E-state index in [0.717, 1.165) is 49.5 Å². The molecule has 2 heterocycles. The number of anilines is 1. The zero-order valence-corrected chi connectivity index (χ0v) is 25.3. The Kier molecular flexibility index (Phi) is 11.7. The number of piperidine rings is 1. The lowest BCUT2D eigenvalue weighted by molar-refractivity contribution is -0.120. The fraction of sp³-hybridized carbons (Fsp3) is 0.600. The summed E-state index contributed by atoms with van der Waals surface area (Å²) < 4.78 is 5.83. The van der Waals surface area contributed by atoms with Crippen molar-refractivity contribution < 1.29 is 14.3 Å². The number of likely N-dealkylation sites (tertiary alicyclic amines) is 1. The first kappa shape index (κ1) is 30.6. The van der Waals surface area contributed by atoms with Crippen molar-refractivity contribution in [3.05, 3.63) is 59.7 Å². The van der Waals surface area contributed by atoms with E-state index in [-0.39, 0.29) is 18.4 Å². The first-order chi connectivity index (χ1) is 20.7. The number of para-hydroxylation sites is 1. The number of carbonyl (C=O) groups excluding carboxylic acids is 2. The zero-order valence-electron chi connectivity index (χ0n) is 25.3. The molecular formula is C35H50N4O3. The number of benzene rings is 2. The van der Waals surface area contributed by atoms with Crippen LogP contribution >= 0.6 is 0 Å². The van der Waals surface area contributed by atoms with Crippen LogP contribution in [0.5, 0.6) is 5.75 Å². The SMILES string of the molecule is O=C(NCCC1CCCCN1C1CCCC1)c1ccc2c(c1)CNCCCCCCCN2C(=O)COc1ccccc1. The van der Waals surface area contributed by atoms with E-state index < -0.39 is 0 Å². The van der Waals surface area contributed by atoms with Crippen LogP contribution in [-0.2, 0) is 11.3 Å². The summed E-state index contributed by atoms with van der Waals surface area (Å²) in [6.07, 6.45) is 15.8. The third-order valence-corrected chi connectivity index (χ3v) is 9.32. The van der Waals surface area contributed by atoms with Gasteiger partial charge in [0.05, 0.1) is 0 Å². The van der Waals surface area contributed by atoms with Crippen molar-refractivity contribution in [1.82, 2.24) is 15.5 Å². The van der Waals surface area contributed by atoms with Crippen molar-refractivity contribution >= 4 is 17.5 Å². The monoisotopic (exact) mass is 574 g/mol. The third-order valence-electron chi connectivity index (χ3n) is 9.32. The van der Waals surface area contributed by atoms with Crippen LogP contribution in [0.15, 0.2) is 48.5 Å². The minimum Gasteiger partial charge on any atom is -0.484 e. The predicted molar refractivity (Wildman–Crippen MR) is 169 cm³/mol. The Hall–Kier alpha value is -2.90. The molecule has 2 amide bonds. The highest BCUT2D eigenvalue weighted by Crippen LogP contribution is 2.30. The Morgan fingerprint density at radius 1 is 0.857 bits per heavy atom. The van der Waals surface area contributed by atoms with E-state index in [1.807, 2.05) is 53.4 Å². The number of carbonyl (C=O) groups is 2. The van der Waals surface area contributed by atoms with E-state index in [2.05, 4.69) is 15.5 Å². The van der Waals surface area contributed by atoms with E-state index in [9.17, 15) is 9.59 Å². The van der Waals surface area contributed by atoms with E-state index in [0.29, 0.717) is 37.0 Å². The molecule has 42 heavy (non-hydrogen) atoms. The van der Waals surface area contributed by atoms with Gasteiger partial charge in [-0.1, -0.05) is 56.7 Å². The maximum Gasteiger partial charge on any atom is 0.264 e. The number of nitrogens with one attached hydrogen (secondary N) is 2. The molecule has 1 saturated heterocycles. The van der Waals surface area contributed by atoms with Gasteiger partial charge in [0, 0.05) is 43.0 Å². The lowest BCUT2D eigenvalue weighted by Crippen LogP contribution is -2.46. The van der Waals surface area contributed by atoms with E-state index in [1.54, 1.807) is 0 Å². The number of fused-ring (bicyclic) bond motifs is 1. The van der Waals surface area contributed by atoms with Gasteiger partial charge in [-0.05, 0) is 93.9 Å². The fourth-order valence-electron chi connectivity index (χ4n) is 7.03. The highest BCUT2D eigenvalue weighted by Gasteiger charge is 2.30. The molecule has 2 fully saturated rings. The average molecular weight is 575 g/mol. The summed E-state index contributed by atoms with van der Waals surface area (Å²) in [7, 11) is 0. The van der Waals surface area contributed by atoms with Crippen LogP contribution in [0, 0.1) is 0 Å². The van der Waals surface area contributed by atoms with Gasteiger partial charge in [-0.15, -0.1) is 0 Å². The molecule has 228 valence electrons. The first-order valence-corrected chi connectivity index (χ1v) is 16.5. The molecule has 2 aromatic rings. The second kappa shape index (κ2) is 16.1. The number of rotatable bonds is 8.